The number of ether oxygens (including phenoxy) is 9. The topological polar surface area (TPSA) is 339 Å². The summed E-state index contributed by atoms with van der Waals surface area (Å²) in [6, 6.07) is 32.6. The molecule has 6 rings (SSSR count). The van der Waals surface area contributed by atoms with Crippen LogP contribution >= 0.6 is 0 Å². The lowest BCUT2D eigenvalue weighted by Crippen LogP contribution is -2.31. The van der Waals surface area contributed by atoms with Gasteiger partial charge >= 0.3 is 36.1 Å². The number of fused-ring (bicyclic) bond motifs is 6. The molecular weight excluding hydrogens is 1090 g/mol. The minimum Gasteiger partial charge on any atom is -0.480 e. The van der Waals surface area contributed by atoms with Gasteiger partial charge in [-0.25, -0.2) is 28.8 Å². The summed E-state index contributed by atoms with van der Waals surface area (Å²) >= 11 is 0. The number of alkyl carbamates (subject to hydrolysis) is 2. The number of hydrogen-bond donors (Lipinski definition) is 6. The van der Waals surface area contributed by atoms with E-state index in [4.69, 9.17) is 68.6 Å². The summed E-state index contributed by atoms with van der Waals surface area (Å²) in [5.74, 6) is -2.26. The predicted octanol–water partition coefficient (Wildman–Crippen LogP) is 7.47. The zero-order valence-corrected chi connectivity index (χ0v) is 49.5. The molecule has 462 valence electrons. The Kier molecular flexibility index (Phi) is 33.6. The first-order valence-electron chi connectivity index (χ1n) is 27.0. The summed E-state index contributed by atoms with van der Waals surface area (Å²) in [5.41, 5.74) is 15.8. The Bertz CT molecular complexity index is 2600. The average Bonchev–Trinajstić information content (AvgIpc) is 1.95. The number of carboxylic acids is 1. The van der Waals surface area contributed by atoms with Crippen LogP contribution < -0.4 is 10.6 Å². The number of nitrogens with one attached hydrogen (secondary N) is 2. The Morgan fingerprint density at radius 3 is 1.08 bits per heavy atom. The molecule has 2 amide bonds. The van der Waals surface area contributed by atoms with Crippen LogP contribution in [0.5, 0.6) is 0 Å². The smallest absolute Gasteiger partial charge is 0.407 e. The summed E-state index contributed by atoms with van der Waals surface area (Å²) in [4.78, 5) is 70.2. The molecule has 0 saturated carbocycles. The van der Waals surface area contributed by atoms with Crippen molar-refractivity contribution in [3.05, 3.63) is 130 Å². The van der Waals surface area contributed by atoms with Crippen LogP contribution in [0.2, 0.25) is 0 Å². The maximum absolute atomic E-state index is 12.0. The van der Waals surface area contributed by atoms with E-state index in [1.165, 1.54) is 33.4 Å². The summed E-state index contributed by atoms with van der Waals surface area (Å²) in [5, 5.41) is 40.5. The number of carboxylic acid groups (broad SMARTS) is 1. The van der Waals surface area contributed by atoms with Crippen LogP contribution in [-0.4, -0.2) is 179 Å². The van der Waals surface area contributed by atoms with Gasteiger partial charge in [0.15, 0.2) is 0 Å². The minimum absolute atomic E-state index is 0.0152. The largest absolute Gasteiger partial charge is 0.480 e. The zero-order valence-electron chi connectivity index (χ0n) is 49.5. The predicted molar refractivity (Wildman–Crippen MR) is 310 cm³/mol. The van der Waals surface area contributed by atoms with E-state index < -0.39 is 52.9 Å². The molecule has 4 aromatic carbocycles. The molecule has 0 bridgehead atoms. The number of hydrogen-bond acceptors (Lipinski definition) is 19. The fraction of sp³-hybridized carbons (Fsp3) is 0.500. The number of amides is 2. The second-order valence-corrected chi connectivity index (χ2v) is 21.0. The van der Waals surface area contributed by atoms with Crippen molar-refractivity contribution in [2.45, 2.75) is 91.0 Å². The number of nitrogens with zero attached hydrogens (tertiary/aromatic N) is 3. The van der Waals surface area contributed by atoms with Crippen molar-refractivity contribution in [2.75, 3.05) is 106 Å². The van der Waals surface area contributed by atoms with Crippen LogP contribution in [0.3, 0.4) is 0 Å². The molecule has 0 fully saturated rings. The zero-order chi connectivity index (χ0) is 62.6. The van der Waals surface area contributed by atoms with Gasteiger partial charge < -0.3 is 73.7 Å². The molecule has 84 heavy (non-hydrogen) atoms. The fourth-order valence-corrected chi connectivity index (χ4v) is 7.70. The molecule has 0 radical (unpaired) electrons. The molecule has 0 heterocycles. The van der Waals surface area contributed by atoms with Crippen molar-refractivity contribution in [1.29, 1.82) is 0 Å². The van der Waals surface area contributed by atoms with Crippen LogP contribution in [0.15, 0.2) is 102 Å². The third kappa shape index (κ3) is 30.6. The van der Waals surface area contributed by atoms with Gasteiger partial charge in [0.1, 0.15) is 56.4 Å². The van der Waals surface area contributed by atoms with Gasteiger partial charge in [-0.1, -0.05) is 102 Å². The lowest BCUT2D eigenvalue weighted by Gasteiger charge is -2.19. The number of esters is 3. The van der Waals surface area contributed by atoms with Crippen LogP contribution in [0, 0.1) is 0 Å². The highest BCUT2D eigenvalue weighted by molar-refractivity contribution is 5.80. The highest BCUT2D eigenvalue weighted by atomic mass is 16.6. The normalized spacial score (nSPS) is 11.8. The van der Waals surface area contributed by atoms with Crippen molar-refractivity contribution in [3.8, 4) is 22.3 Å². The molecule has 0 unspecified atom stereocenters. The molecule has 2 aliphatic carbocycles. The van der Waals surface area contributed by atoms with Gasteiger partial charge in [0.05, 0.1) is 46.2 Å². The fourth-order valence-electron chi connectivity index (χ4n) is 7.70. The van der Waals surface area contributed by atoms with Gasteiger partial charge in [-0.2, -0.15) is 0 Å². The van der Waals surface area contributed by atoms with Gasteiger partial charge in [-0.3, -0.25) is 0 Å². The van der Waals surface area contributed by atoms with E-state index >= 15 is 0 Å². The number of carbonyl (C=O) groups is 6. The molecule has 6 N–H and O–H groups in total. The quantitative estimate of drug-likeness (QED) is 0.00989. The van der Waals surface area contributed by atoms with E-state index in [2.05, 4.69) is 69.2 Å². The van der Waals surface area contributed by atoms with Crippen LogP contribution in [0.25, 0.3) is 32.7 Å². The highest BCUT2D eigenvalue weighted by Gasteiger charge is 2.30. The molecule has 24 nitrogen and oxygen atoms in total. The Morgan fingerprint density at radius 2 is 0.786 bits per heavy atom. The van der Waals surface area contributed by atoms with Crippen molar-refractivity contribution in [2.24, 2.45) is 5.11 Å². The number of aliphatic hydroxyl groups is 3. The second kappa shape index (κ2) is 39.0. The maximum atomic E-state index is 12.0. The molecule has 0 aromatic heterocycles. The van der Waals surface area contributed by atoms with Crippen molar-refractivity contribution in [1.82, 2.24) is 10.6 Å². The lowest BCUT2D eigenvalue weighted by atomic mass is 9.98. The number of aliphatic hydroxyl groups excluding tert-OH is 3. The maximum Gasteiger partial charge on any atom is 0.407 e. The summed E-state index contributed by atoms with van der Waals surface area (Å²) < 4.78 is 45.6. The van der Waals surface area contributed by atoms with Gasteiger partial charge in [-0.15, -0.1) is 0 Å². The Labute approximate surface area is 490 Å². The van der Waals surface area contributed by atoms with Crippen molar-refractivity contribution >= 4 is 36.1 Å². The van der Waals surface area contributed by atoms with Crippen LogP contribution in [0.1, 0.15) is 96.4 Å². The first kappa shape index (κ1) is 72.4. The first-order valence-corrected chi connectivity index (χ1v) is 27.0. The molecule has 0 atom stereocenters. The van der Waals surface area contributed by atoms with E-state index in [9.17, 15) is 28.8 Å². The van der Waals surface area contributed by atoms with Gasteiger partial charge in [-0.05, 0) is 112 Å². The summed E-state index contributed by atoms with van der Waals surface area (Å²) in [7, 11) is 0. The second-order valence-electron chi connectivity index (χ2n) is 21.0. The van der Waals surface area contributed by atoms with Gasteiger partial charge in [0, 0.05) is 36.4 Å². The highest BCUT2D eigenvalue weighted by Crippen LogP contribution is 2.45. The minimum atomic E-state index is -1.04. The van der Waals surface area contributed by atoms with Crippen molar-refractivity contribution < 1.29 is 91.8 Å². The SMILES string of the molecule is CC(C)(C)OC(=O)COCCN=[N+]=[N-].CC(C)(C)OC(=O)COCCNC(=O)OCC1c2ccccc2-c2ccccc21.CC(C)(C)OC(=O)COCCO.O=C(O)COCCNC(=O)OCC1c2ccccc2-c2ccccc21.OCCO. The van der Waals surface area contributed by atoms with E-state index in [-0.39, 0.29) is 117 Å². The summed E-state index contributed by atoms with van der Waals surface area (Å²) in [6.07, 6.45) is -1.05. The van der Waals surface area contributed by atoms with E-state index in [0.717, 1.165) is 11.1 Å². The molecule has 4 aromatic rings. The number of azide groups is 1. The van der Waals surface area contributed by atoms with Crippen molar-refractivity contribution in [3.63, 3.8) is 0 Å². The van der Waals surface area contributed by atoms with E-state index in [0.29, 0.717) is 0 Å². The van der Waals surface area contributed by atoms with E-state index in [1.54, 1.807) is 62.3 Å². The Hall–Kier alpha value is -7.67. The number of rotatable bonds is 24. The molecular formula is C60H83N5O19. The lowest BCUT2D eigenvalue weighted by molar-refractivity contribution is -0.161. The van der Waals surface area contributed by atoms with Crippen LogP contribution in [-0.2, 0) is 61.8 Å². The number of aliphatic carboxylic acids is 1. The van der Waals surface area contributed by atoms with Crippen LogP contribution in [0.4, 0.5) is 9.59 Å². The Balaban J connectivity index is 0.000000396. The first-order chi connectivity index (χ1) is 39.8. The van der Waals surface area contributed by atoms with Gasteiger partial charge in [0.25, 0.3) is 0 Å². The summed E-state index contributed by atoms with van der Waals surface area (Å²) in [6.45, 7) is 16.9. The third-order valence-corrected chi connectivity index (χ3v) is 10.6. The monoisotopic (exact) mass is 1180 g/mol. The molecule has 24 heteroatoms. The number of benzene rings is 4. The van der Waals surface area contributed by atoms with Gasteiger partial charge in [0.2, 0.25) is 0 Å². The molecule has 0 saturated heterocycles. The molecule has 0 aliphatic heterocycles. The average molecular weight is 1180 g/mol. The van der Waals surface area contributed by atoms with E-state index in [1.807, 2.05) is 48.5 Å². The molecule has 2 aliphatic rings. The number of carbonyl (C=O) groups excluding carboxylic acids is 5. The molecule has 0 spiro atoms. The standard InChI is InChI=1S/C23H27NO5.C19H19NO5.C8H15N3O3.C8H16O4.C2H6O2/c1-23(2,3)29-21(25)15-27-13-12-24-22(26)28-14-20-18-10-6-4-8-16(18)17-9-5-7-11-19(17)20;21-18(22)12-24-10-9-20-19(23)25-11-17-15-7-3-1-5-13(15)14-6-2-4-8-16(14)17;1-8(2,3)14-7(12)6-13-5-4-10-11-9;1-8(2,3)12-7(10)6-11-5-4-9;3-1-2-4/h4-11,20H,12-15H2,1-3H3,(H,24,26);1-8,17H,9-12H2,(H,20,23)(H,21,22);4-6H2,1-3H3;9H,4-6H2,1-3H3;3-4H,1-2H2. The Morgan fingerprint density at radius 1 is 0.476 bits per heavy atom. The third-order valence-electron chi connectivity index (χ3n) is 10.6.